The first-order valence-electron chi connectivity index (χ1n) is 18.4. The van der Waals surface area contributed by atoms with Gasteiger partial charge in [-0.25, -0.2) is 0 Å². The van der Waals surface area contributed by atoms with Gasteiger partial charge in [-0.05, 0) is 121 Å². The lowest BCUT2D eigenvalue weighted by molar-refractivity contribution is 0.673. The molecule has 0 fully saturated rings. The van der Waals surface area contributed by atoms with Gasteiger partial charge >= 0.3 is 0 Å². The van der Waals surface area contributed by atoms with Gasteiger partial charge in [0.25, 0.3) is 0 Å². The second-order valence-electron chi connectivity index (χ2n) is 14.8. The summed E-state index contributed by atoms with van der Waals surface area (Å²) in [7, 11) is 0. The molecule has 53 heavy (non-hydrogen) atoms. The van der Waals surface area contributed by atoms with Gasteiger partial charge in [-0.2, -0.15) is 0 Å². The number of hydrogen-bond donors (Lipinski definition) is 0. The molecule has 0 saturated heterocycles. The highest BCUT2D eigenvalue weighted by molar-refractivity contribution is 6.29. The van der Waals surface area contributed by atoms with Crippen molar-refractivity contribution in [2.24, 2.45) is 0 Å². The summed E-state index contributed by atoms with van der Waals surface area (Å²) >= 11 is 0. The molecule has 0 saturated carbocycles. The highest BCUT2D eigenvalue weighted by Gasteiger charge is 2.20. The zero-order chi connectivity index (χ0) is 34.4. The molecule has 0 radical (unpaired) electrons. The van der Waals surface area contributed by atoms with Crippen LogP contribution in [0.15, 0.2) is 174 Å². The van der Waals surface area contributed by atoms with Crippen LogP contribution in [0.1, 0.15) is 0 Å². The van der Waals surface area contributed by atoms with E-state index in [2.05, 4.69) is 170 Å². The summed E-state index contributed by atoms with van der Waals surface area (Å²) < 4.78 is 6.84. The summed E-state index contributed by atoms with van der Waals surface area (Å²) in [5, 5.41) is 22.6. The number of furan rings is 1. The third-order valence-electron chi connectivity index (χ3n) is 12.1. The van der Waals surface area contributed by atoms with Crippen LogP contribution in [0.2, 0.25) is 0 Å². The monoisotopic (exact) mass is 668 g/mol. The summed E-state index contributed by atoms with van der Waals surface area (Å²) in [6.07, 6.45) is 0. The fraction of sp³-hybridized carbons (Fsp3) is 0. The van der Waals surface area contributed by atoms with Crippen molar-refractivity contribution in [3.63, 3.8) is 0 Å². The molecule has 0 aliphatic heterocycles. The molecule has 0 bridgehead atoms. The van der Waals surface area contributed by atoms with Crippen molar-refractivity contribution in [2.45, 2.75) is 0 Å². The Morgan fingerprint density at radius 3 is 1.26 bits per heavy atom. The maximum absolute atomic E-state index is 6.84. The largest absolute Gasteiger partial charge is 0.455 e. The summed E-state index contributed by atoms with van der Waals surface area (Å²) in [6.45, 7) is 0. The van der Waals surface area contributed by atoms with Gasteiger partial charge < -0.3 is 4.42 Å². The summed E-state index contributed by atoms with van der Waals surface area (Å²) in [5.41, 5.74) is 6.80. The minimum absolute atomic E-state index is 0.912. The average molecular weight is 669 g/mol. The van der Waals surface area contributed by atoms with Crippen LogP contribution in [-0.2, 0) is 0 Å². The SMILES string of the molecule is c1ccc2c(c1)ccc1c3cc4c(-c5ccc6ccc7cccc8ccc5c6c78)ccc(-c5ccc6ccc7cccc8ccc5c6c78)c4cc3oc21. The summed E-state index contributed by atoms with van der Waals surface area (Å²) in [6, 6.07) is 63.2. The van der Waals surface area contributed by atoms with E-state index >= 15 is 0 Å². The zero-order valence-corrected chi connectivity index (χ0v) is 28.6. The topological polar surface area (TPSA) is 13.1 Å². The van der Waals surface area contributed by atoms with Gasteiger partial charge in [0.05, 0.1) is 0 Å². The molecule has 1 heteroatoms. The molecule has 0 aliphatic rings. The maximum Gasteiger partial charge on any atom is 0.143 e. The molecule has 13 aromatic rings. The van der Waals surface area contributed by atoms with E-state index in [1.165, 1.54) is 103 Å². The van der Waals surface area contributed by atoms with Crippen molar-refractivity contribution in [3.05, 3.63) is 170 Å². The highest BCUT2D eigenvalue weighted by Crippen LogP contribution is 2.47. The van der Waals surface area contributed by atoms with Crippen LogP contribution in [0, 0.1) is 0 Å². The van der Waals surface area contributed by atoms with Crippen LogP contribution < -0.4 is 0 Å². The quantitative estimate of drug-likeness (QED) is 0.167. The Kier molecular flexibility index (Phi) is 5.17. The van der Waals surface area contributed by atoms with Crippen LogP contribution in [0.5, 0.6) is 0 Å². The van der Waals surface area contributed by atoms with E-state index in [1.54, 1.807) is 0 Å². The smallest absolute Gasteiger partial charge is 0.143 e. The number of benzene rings is 12. The Morgan fingerprint density at radius 2 is 0.660 bits per heavy atom. The van der Waals surface area contributed by atoms with Gasteiger partial charge in [-0.15, -0.1) is 0 Å². The first-order valence-corrected chi connectivity index (χ1v) is 18.4. The molecule has 0 atom stereocenters. The van der Waals surface area contributed by atoms with Crippen molar-refractivity contribution in [2.75, 3.05) is 0 Å². The molecule has 0 unspecified atom stereocenters. The Bertz CT molecular complexity index is 3640. The predicted octanol–water partition coefficient (Wildman–Crippen LogP) is 15.0. The molecule has 13 rings (SSSR count). The van der Waals surface area contributed by atoms with E-state index in [0.29, 0.717) is 0 Å². The lowest BCUT2D eigenvalue weighted by Crippen LogP contribution is -1.91. The van der Waals surface area contributed by atoms with Crippen molar-refractivity contribution >= 4 is 108 Å². The van der Waals surface area contributed by atoms with E-state index in [4.69, 9.17) is 4.42 Å². The molecule has 0 aliphatic carbocycles. The number of rotatable bonds is 2. The van der Waals surface area contributed by atoms with E-state index in [1.807, 2.05) is 0 Å². The number of hydrogen-bond acceptors (Lipinski definition) is 1. The third kappa shape index (κ3) is 3.61. The van der Waals surface area contributed by atoms with Crippen molar-refractivity contribution < 1.29 is 4.42 Å². The van der Waals surface area contributed by atoms with Gasteiger partial charge in [0.1, 0.15) is 11.2 Å². The summed E-state index contributed by atoms with van der Waals surface area (Å²) in [5.74, 6) is 0. The van der Waals surface area contributed by atoms with Crippen LogP contribution in [0.25, 0.3) is 130 Å². The molecule has 1 aromatic heterocycles. The first kappa shape index (κ1) is 27.7. The highest BCUT2D eigenvalue weighted by atomic mass is 16.3. The second-order valence-corrected chi connectivity index (χ2v) is 14.8. The van der Waals surface area contributed by atoms with Crippen LogP contribution in [0.3, 0.4) is 0 Å². The van der Waals surface area contributed by atoms with E-state index < -0.39 is 0 Å². The Balaban J connectivity index is 1.17. The van der Waals surface area contributed by atoms with Crippen LogP contribution >= 0.6 is 0 Å². The fourth-order valence-electron chi connectivity index (χ4n) is 9.75. The van der Waals surface area contributed by atoms with Crippen LogP contribution in [0.4, 0.5) is 0 Å². The van der Waals surface area contributed by atoms with Gasteiger partial charge in [0.15, 0.2) is 0 Å². The zero-order valence-electron chi connectivity index (χ0n) is 28.6. The molecule has 0 N–H and O–H groups in total. The van der Waals surface area contributed by atoms with E-state index in [0.717, 1.165) is 27.3 Å². The first-order chi connectivity index (χ1) is 26.3. The Morgan fingerprint density at radius 1 is 0.245 bits per heavy atom. The fourth-order valence-corrected chi connectivity index (χ4v) is 9.75. The predicted molar refractivity (Wildman–Crippen MR) is 227 cm³/mol. The third-order valence-corrected chi connectivity index (χ3v) is 12.1. The molecule has 0 amide bonds. The van der Waals surface area contributed by atoms with Crippen molar-refractivity contribution in [1.82, 2.24) is 0 Å². The van der Waals surface area contributed by atoms with E-state index in [-0.39, 0.29) is 0 Å². The van der Waals surface area contributed by atoms with Gasteiger partial charge in [0, 0.05) is 16.2 Å². The minimum atomic E-state index is 0.912. The van der Waals surface area contributed by atoms with Gasteiger partial charge in [-0.1, -0.05) is 152 Å². The molecule has 1 nitrogen and oxygen atoms in total. The lowest BCUT2D eigenvalue weighted by atomic mass is 9.85. The normalized spacial score (nSPS) is 12.5. The van der Waals surface area contributed by atoms with E-state index in [9.17, 15) is 0 Å². The molecular weight excluding hydrogens is 641 g/mol. The standard InChI is InChI=1S/C52H28O/c1-2-10-36-29(5-1)15-24-43-46-27-44-39(37-20-16-34-13-11-30-6-3-8-32-18-22-41(37)50(34)48(30)32)25-26-40(45(44)28-47(46)53-52(36)43)38-21-17-35-14-12-31-7-4-9-33-19-23-42(38)51(35)49(31)33/h1-28H. The lowest BCUT2D eigenvalue weighted by Gasteiger charge is -2.18. The van der Waals surface area contributed by atoms with Crippen LogP contribution in [-0.4, -0.2) is 0 Å². The van der Waals surface area contributed by atoms with Gasteiger partial charge in [-0.3, -0.25) is 0 Å². The Hall–Kier alpha value is -6.96. The van der Waals surface area contributed by atoms with Crippen molar-refractivity contribution in [1.29, 1.82) is 0 Å². The second kappa shape index (κ2) is 9.88. The van der Waals surface area contributed by atoms with Crippen molar-refractivity contribution in [3.8, 4) is 22.3 Å². The average Bonchev–Trinajstić information content (AvgIpc) is 3.59. The Labute approximate surface area is 303 Å². The maximum atomic E-state index is 6.84. The molecule has 242 valence electrons. The minimum Gasteiger partial charge on any atom is -0.455 e. The molecular formula is C52H28O. The molecule has 12 aromatic carbocycles. The van der Waals surface area contributed by atoms with Gasteiger partial charge in [0.2, 0.25) is 0 Å². The molecule has 0 spiro atoms. The molecule has 1 heterocycles. The number of fused-ring (bicyclic) bond motifs is 6. The summed E-state index contributed by atoms with van der Waals surface area (Å²) in [4.78, 5) is 0.